The van der Waals surface area contributed by atoms with Crippen molar-refractivity contribution in [2.45, 2.75) is 57.6 Å². The molecular weight excluding hydrogens is 226 g/mol. The minimum atomic E-state index is -0.130. The number of nitrogens with zero attached hydrogens (tertiary/aromatic N) is 1. The maximum absolute atomic E-state index is 12.5. The van der Waals surface area contributed by atoms with E-state index >= 15 is 0 Å². The number of hydrogen-bond donors (Lipinski definition) is 0. The number of ketones is 1. The maximum atomic E-state index is 12.5. The first-order valence-corrected chi connectivity index (χ1v) is 7.63. The van der Waals surface area contributed by atoms with E-state index in [2.05, 4.69) is 11.8 Å². The molecule has 2 saturated heterocycles. The van der Waals surface area contributed by atoms with Crippen molar-refractivity contribution in [3.05, 3.63) is 0 Å². The van der Waals surface area contributed by atoms with Crippen molar-refractivity contribution in [3.8, 4) is 0 Å². The predicted molar refractivity (Wildman–Crippen MR) is 70.5 cm³/mol. The highest BCUT2D eigenvalue weighted by Gasteiger charge is 2.38. The zero-order valence-corrected chi connectivity index (χ0v) is 11.4. The van der Waals surface area contributed by atoms with Crippen molar-refractivity contribution in [3.63, 3.8) is 0 Å². The molecule has 2 heterocycles. The van der Waals surface area contributed by atoms with Gasteiger partial charge >= 0.3 is 0 Å². The molecule has 102 valence electrons. The van der Waals surface area contributed by atoms with Crippen molar-refractivity contribution in [2.75, 3.05) is 19.7 Å². The molecular formula is C15H25NO2. The van der Waals surface area contributed by atoms with Crippen LogP contribution in [0.25, 0.3) is 0 Å². The zero-order valence-electron chi connectivity index (χ0n) is 11.4. The van der Waals surface area contributed by atoms with Crippen LogP contribution in [0.5, 0.6) is 0 Å². The van der Waals surface area contributed by atoms with E-state index in [1.807, 2.05) is 0 Å². The fourth-order valence-corrected chi connectivity index (χ4v) is 3.94. The molecule has 0 radical (unpaired) electrons. The van der Waals surface area contributed by atoms with Gasteiger partial charge in [-0.05, 0) is 38.1 Å². The molecule has 0 aromatic rings. The van der Waals surface area contributed by atoms with Crippen molar-refractivity contribution >= 4 is 5.78 Å². The molecule has 0 spiro atoms. The van der Waals surface area contributed by atoms with E-state index in [4.69, 9.17) is 4.74 Å². The average molecular weight is 251 g/mol. The highest BCUT2D eigenvalue weighted by Crippen LogP contribution is 2.32. The second-order valence-corrected chi connectivity index (χ2v) is 6.48. The lowest BCUT2D eigenvalue weighted by molar-refractivity contribution is -0.143. The second-order valence-electron chi connectivity index (χ2n) is 6.48. The lowest BCUT2D eigenvalue weighted by Gasteiger charge is -2.37. The molecule has 1 saturated carbocycles. The van der Waals surface area contributed by atoms with Crippen LogP contribution in [0.3, 0.4) is 0 Å². The lowest BCUT2D eigenvalue weighted by atomic mass is 9.79. The van der Waals surface area contributed by atoms with Crippen LogP contribution in [-0.2, 0) is 9.53 Å². The largest absolute Gasteiger partial charge is 0.367 e. The first kappa shape index (κ1) is 12.6. The van der Waals surface area contributed by atoms with Crippen LogP contribution in [0.4, 0.5) is 0 Å². The summed E-state index contributed by atoms with van der Waals surface area (Å²) >= 11 is 0. The van der Waals surface area contributed by atoms with Crippen molar-refractivity contribution in [2.24, 2.45) is 11.8 Å². The Labute approximate surface area is 110 Å². The summed E-state index contributed by atoms with van der Waals surface area (Å²) in [4.78, 5) is 15.0. The van der Waals surface area contributed by atoms with Gasteiger partial charge in [-0.1, -0.05) is 19.8 Å². The third-order valence-corrected chi connectivity index (χ3v) is 5.05. The topological polar surface area (TPSA) is 29.5 Å². The quantitative estimate of drug-likeness (QED) is 0.754. The van der Waals surface area contributed by atoms with E-state index in [1.54, 1.807) is 0 Å². The van der Waals surface area contributed by atoms with E-state index in [-0.39, 0.29) is 12.0 Å². The van der Waals surface area contributed by atoms with Gasteiger partial charge in [-0.25, -0.2) is 0 Å². The molecule has 18 heavy (non-hydrogen) atoms. The molecule has 0 aromatic carbocycles. The number of Topliss-reactive ketones (excluding diaryl/α,β-unsaturated/α-hetero) is 1. The predicted octanol–water partition coefficient (Wildman–Crippen LogP) is 2.25. The summed E-state index contributed by atoms with van der Waals surface area (Å²) in [5.41, 5.74) is 0. The van der Waals surface area contributed by atoms with Crippen LogP contribution in [0.1, 0.15) is 45.4 Å². The van der Waals surface area contributed by atoms with Gasteiger partial charge in [-0.15, -0.1) is 0 Å². The Kier molecular flexibility index (Phi) is 3.71. The SMILES string of the molecule is CC1CCCC(C(=O)C2CN3CCCC3CO2)C1. The Bertz CT molecular complexity index is 318. The minimum Gasteiger partial charge on any atom is -0.367 e. The summed E-state index contributed by atoms with van der Waals surface area (Å²) in [5.74, 6) is 1.39. The van der Waals surface area contributed by atoms with Gasteiger partial charge in [0.2, 0.25) is 0 Å². The molecule has 4 atom stereocenters. The smallest absolute Gasteiger partial charge is 0.165 e. The summed E-state index contributed by atoms with van der Waals surface area (Å²) in [6, 6.07) is 0.597. The fraction of sp³-hybridized carbons (Fsp3) is 0.933. The molecule has 3 fully saturated rings. The number of morpholine rings is 1. The number of hydrogen-bond acceptors (Lipinski definition) is 3. The fourth-order valence-electron chi connectivity index (χ4n) is 3.94. The zero-order chi connectivity index (χ0) is 12.5. The Balaban J connectivity index is 1.59. The molecule has 2 aliphatic heterocycles. The summed E-state index contributed by atoms with van der Waals surface area (Å²) in [5, 5.41) is 0. The summed E-state index contributed by atoms with van der Waals surface area (Å²) in [6.07, 6.45) is 7.08. The van der Waals surface area contributed by atoms with E-state index in [0.29, 0.717) is 11.8 Å². The van der Waals surface area contributed by atoms with E-state index in [1.165, 1.54) is 32.2 Å². The molecule has 3 aliphatic rings. The van der Waals surface area contributed by atoms with Crippen LogP contribution in [0.2, 0.25) is 0 Å². The minimum absolute atomic E-state index is 0.130. The van der Waals surface area contributed by atoms with Gasteiger partial charge < -0.3 is 4.74 Å². The van der Waals surface area contributed by atoms with Crippen molar-refractivity contribution in [1.29, 1.82) is 0 Å². The van der Waals surface area contributed by atoms with Gasteiger partial charge in [-0.2, -0.15) is 0 Å². The molecule has 3 nitrogen and oxygen atoms in total. The van der Waals surface area contributed by atoms with Crippen LogP contribution in [0, 0.1) is 11.8 Å². The standard InChI is InChI=1S/C15H25NO2/c1-11-4-2-5-12(8-11)15(17)14-9-16-7-3-6-13(16)10-18-14/h11-14H,2-10H2,1H3. The number of carbonyl (C=O) groups excluding carboxylic acids is 1. The van der Waals surface area contributed by atoms with Crippen LogP contribution < -0.4 is 0 Å². The maximum Gasteiger partial charge on any atom is 0.165 e. The Morgan fingerprint density at radius 3 is 2.94 bits per heavy atom. The Morgan fingerprint density at radius 2 is 2.11 bits per heavy atom. The van der Waals surface area contributed by atoms with Gasteiger partial charge in [-0.3, -0.25) is 9.69 Å². The lowest BCUT2D eigenvalue weighted by Crippen LogP contribution is -2.50. The van der Waals surface area contributed by atoms with Crippen molar-refractivity contribution < 1.29 is 9.53 Å². The van der Waals surface area contributed by atoms with Crippen LogP contribution in [-0.4, -0.2) is 42.5 Å². The van der Waals surface area contributed by atoms with E-state index < -0.39 is 0 Å². The van der Waals surface area contributed by atoms with Gasteiger partial charge in [0, 0.05) is 18.5 Å². The van der Waals surface area contributed by atoms with Gasteiger partial charge in [0.1, 0.15) is 6.10 Å². The van der Waals surface area contributed by atoms with E-state index in [9.17, 15) is 4.79 Å². The number of fused-ring (bicyclic) bond motifs is 1. The number of rotatable bonds is 2. The normalized spacial score (nSPS) is 41.6. The molecule has 0 bridgehead atoms. The van der Waals surface area contributed by atoms with Crippen molar-refractivity contribution in [1.82, 2.24) is 4.90 Å². The number of ether oxygens (including phenoxy) is 1. The molecule has 4 unspecified atom stereocenters. The highest BCUT2D eigenvalue weighted by atomic mass is 16.5. The molecule has 1 aliphatic carbocycles. The molecule has 0 aromatic heterocycles. The summed E-state index contributed by atoms with van der Waals surface area (Å²) < 4.78 is 5.85. The third kappa shape index (κ3) is 2.48. The summed E-state index contributed by atoms with van der Waals surface area (Å²) in [6.45, 7) is 5.07. The highest BCUT2D eigenvalue weighted by molar-refractivity contribution is 5.85. The molecule has 0 amide bonds. The Morgan fingerprint density at radius 1 is 1.22 bits per heavy atom. The average Bonchev–Trinajstić information content (AvgIpc) is 2.85. The first-order valence-electron chi connectivity index (χ1n) is 7.63. The van der Waals surface area contributed by atoms with Gasteiger partial charge in [0.05, 0.1) is 6.61 Å². The van der Waals surface area contributed by atoms with Gasteiger partial charge in [0.25, 0.3) is 0 Å². The Hall–Kier alpha value is -0.410. The molecule has 3 heteroatoms. The third-order valence-electron chi connectivity index (χ3n) is 5.05. The summed E-state index contributed by atoms with van der Waals surface area (Å²) in [7, 11) is 0. The monoisotopic (exact) mass is 251 g/mol. The van der Waals surface area contributed by atoms with Crippen LogP contribution >= 0.6 is 0 Å². The van der Waals surface area contributed by atoms with Gasteiger partial charge in [0.15, 0.2) is 5.78 Å². The molecule has 3 rings (SSSR count). The first-order chi connectivity index (χ1) is 8.74. The second kappa shape index (κ2) is 5.30. The van der Waals surface area contributed by atoms with E-state index in [0.717, 1.165) is 31.9 Å². The molecule has 0 N–H and O–H groups in total. The number of carbonyl (C=O) groups is 1. The van der Waals surface area contributed by atoms with Crippen LogP contribution in [0.15, 0.2) is 0 Å².